The number of rotatable bonds is 59. The fourth-order valence-corrected chi connectivity index (χ4v) is 9.01. The van der Waals surface area contributed by atoms with Crippen molar-refractivity contribution in [1.82, 2.24) is 0 Å². The number of unbranched alkanes of at least 4 members (excludes halogenated alkanes) is 26. The molecule has 0 aromatic carbocycles. The van der Waals surface area contributed by atoms with E-state index >= 15 is 0 Å². The van der Waals surface area contributed by atoms with E-state index in [1.807, 2.05) is 0 Å². The minimum absolute atomic E-state index is 0.101. The first-order chi connectivity index (χ1) is 39.5. The molecule has 454 valence electrons. The van der Waals surface area contributed by atoms with Crippen LogP contribution >= 0.6 is 0 Å². The second kappa shape index (κ2) is 67.1. The normalized spacial score (nSPS) is 13.0. The standard InChI is InChI=1S/C74H122O6/c1-4-7-10-13-16-19-22-25-28-30-31-32-33-34-35-36-37-38-39-40-41-42-43-45-46-49-52-55-58-61-64-67-73(76)79-70-71(69-78-72(75)66-63-60-57-54-51-48-27-24-21-18-15-12-9-6-3)80-74(77)68-65-62-59-56-53-50-47-44-29-26-23-20-17-14-11-8-5-2/h7-8,10-11,16-17,19-20,25-26,28-29,31-32,34-35,37-38,47,50,56,59,71H,4-6,9,12-15,18,21-24,27,30,33,36,39-46,48-49,51-55,57-58,60-70H2,1-3H3/b10-7-,11-8-,19-16-,20-17-,28-25-,29-26-,32-31-,35-34-,38-37-,50-47-,59-56-. The lowest BCUT2D eigenvalue weighted by atomic mass is 10.0. The Morgan fingerprint density at radius 1 is 0.263 bits per heavy atom. The lowest BCUT2D eigenvalue weighted by Gasteiger charge is -2.18. The van der Waals surface area contributed by atoms with Gasteiger partial charge in [-0.2, -0.15) is 0 Å². The number of carbonyl (C=O) groups excluding carboxylic acids is 3. The summed E-state index contributed by atoms with van der Waals surface area (Å²) < 4.78 is 16.9. The summed E-state index contributed by atoms with van der Waals surface area (Å²) >= 11 is 0. The molecule has 0 spiro atoms. The number of ether oxygens (including phenoxy) is 3. The van der Waals surface area contributed by atoms with E-state index in [1.54, 1.807) is 0 Å². The number of hydrogen-bond donors (Lipinski definition) is 0. The van der Waals surface area contributed by atoms with Crippen LogP contribution in [0.25, 0.3) is 0 Å². The Kier molecular flexibility index (Phi) is 63.3. The van der Waals surface area contributed by atoms with Crippen molar-refractivity contribution in [3.8, 4) is 0 Å². The summed E-state index contributed by atoms with van der Waals surface area (Å²) in [7, 11) is 0. The summed E-state index contributed by atoms with van der Waals surface area (Å²) in [4.78, 5) is 38.3. The van der Waals surface area contributed by atoms with E-state index < -0.39 is 6.10 Å². The number of carbonyl (C=O) groups is 3. The van der Waals surface area contributed by atoms with Crippen LogP contribution in [0.15, 0.2) is 134 Å². The lowest BCUT2D eigenvalue weighted by Crippen LogP contribution is -2.30. The number of allylic oxidation sites excluding steroid dienone is 22. The third-order valence-electron chi connectivity index (χ3n) is 13.9. The van der Waals surface area contributed by atoms with Crippen molar-refractivity contribution in [2.75, 3.05) is 13.2 Å². The molecule has 0 saturated heterocycles. The molecule has 0 aromatic rings. The van der Waals surface area contributed by atoms with Crippen molar-refractivity contribution in [3.05, 3.63) is 134 Å². The van der Waals surface area contributed by atoms with Crippen LogP contribution in [-0.4, -0.2) is 37.2 Å². The van der Waals surface area contributed by atoms with Crippen molar-refractivity contribution in [2.24, 2.45) is 0 Å². The van der Waals surface area contributed by atoms with E-state index in [0.717, 1.165) is 116 Å². The quantitative estimate of drug-likeness (QED) is 0.0261. The van der Waals surface area contributed by atoms with Crippen LogP contribution in [0.1, 0.15) is 297 Å². The van der Waals surface area contributed by atoms with Gasteiger partial charge in [-0.1, -0.05) is 302 Å². The van der Waals surface area contributed by atoms with Crippen LogP contribution in [0.2, 0.25) is 0 Å². The Balaban J connectivity index is 4.32. The van der Waals surface area contributed by atoms with Gasteiger partial charge in [0.2, 0.25) is 0 Å². The molecule has 0 bridgehead atoms. The van der Waals surface area contributed by atoms with Gasteiger partial charge in [0.25, 0.3) is 0 Å². The van der Waals surface area contributed by atoms with Crippen molar-refractivity contribution in [1.29, 1.82) is 0 Å². The highest BCUT2D eigenvalue weighted by atomic mass is 16.6. The fourth-order valence-electron chi connectivity index (χ4n) is 9.01. The maximum absolute atomic E-state index is 12.9. The molecule has 6 heteroatoms. The number of esters is 3. The second-order valence-electron chi connectivity index (χ2n) is 21.6. The molecular formula is C74H122O6. The van der Waals surface area contributed by atoms with Gasteiger partial charge in [0.1, 0.15) is 13.2 Å². The molecule has 0 heterocycles. The summed E-state index contributed by atoms with van der Waals surface area (Å²) in [5.74, 6) is -0.956. The number of hydrogen-bond acceptors (Lipinski definition) is 6. The third-order valence-corrected chi connectivity index (χ3v) is 13.9. The van der Waals surface area contributed by atoms with Gasteiger partial charge in [-0.05, 0) is 109 Å². The van der Waals surface area contributed by atoms with Crippen LogP contribution in [0.3, 0.4) is 0 Å². The Bertz CT molecular complexity index is 1700. The summed E-state index contributed by atoms with van der Waals surface area (Å²) in [6.45, 7) is 6.38. The van der Waals surface area contributed by atoms with Crippen LogP contribution in [-0.2, 0) is 28.6 Å². The summed E-state index contributed by atoms with van der Waals surface area (Å²) in [6, 6.07) is 0. The Morgan fingerprint density at radius 2 is 0.500 bits per heavy atom. The highest BCUT2D eigenvalue weighted by molar-refractivity contribution is 5.71. The topological polar surface area (TPSA) is 78.9 Å². The largest absolute Gasteiger partial charge is 0.462 e. The Labute approximate surface area is 494 Å². The van der Waals surface area contributed by atoms with E-state index in [-0.39, 0.29) is 37.5 Å². The molecule has 80 heavy (non-hydrogen) atoms. The molecule has 6 nitrogen and oxygen atoms in total. The molecule has 0 amide bonds. The van der Waals surface area contributed by atoms with E-state index in [2.05, 4.69) is 154 Å². The predicted octanol–water partition coefficient (Wildman–Crippen LogP) is 22.9. The van der Waals surface area contributed by atoms with Crippen molar-refractivity contribution in [3.63, 3.8) is 0 Å². The fraction of sp³-hybridized carbons (Fsp3) is 0.662. The minimum atomic E-state index is -0.811. The Hall–Kier alpha value is -4.45. The molecular weight excluding hydrogens is 985 g/mol. The highest BCUT2D eigenvalue weighted by Crippen LogP contribution is 2.16. The van der Waals surface area contributed by atoms with Crippen LogP contribution < -0.4 is 0 Å². The first kappa shape index (κ1) is 75.5. The first-order valence-corrected chi connectivity index (χ1v) is 33.2. The van der Waals surface area contributed by atoms with Crippen molar-refractivity contribution >= 4 is 17.9 Å². The third kappa shape index (κ3) is 64.4. The Morgan fingerprint density at radius 3 is 0.800 bits per heavy atom. The zero-order valence-electron chi connectivity index (χ0n) is 52.0. The van der Waals surface area contributed by atoms with Crippen LogP contribution in [0, 0.1) is 0 Å². The molecule has 0 N–H and O–H groups in total. The van der Waals surface area contributed by atoms with Crippen molar-refractivity contribution in [2.45, 2.75) is 303 Å². The molecule has 0 radical (unpaired) electrons. The maximum Gasteiger partial charge on any atom is 0.306 e. The van der Waals surface area contributed by atoms with E-state index in [0.29, 0.717) is 19.3 Å². The van der Waals surface area contributed by atoms with Gasteiger partial charge in [-0.25, -0.2) is 0 Å². The molecule has 0 aliphatic heterocycles. The van der Waals surface area contributed by atoms with Crippen LogP contribution in [0.5, 0.6) is 0 Å². The molecule has 1 atom stereocenters. The second-order valence-corrected chi connectivity index (χ2v) is 21.6. The van der Waals surface area contributed by atoms with Gasteiger partial charge in [0.15, 0.2) is 6.10 Å². The van der Waals surface area contributed by atoms with Crippen LogP contribution in [0.4, 0.5) is 0 Å². The lowest BCUT2D eigenvalue weighted by molar-refractivity contribution is -0.167. The molecule has 0 aromatic heterocycles. The maximum atomic E-state index is 12.9. The predicted molar refractivity (Wildman–Crippen MR) is 348 cm³/mol. The minimum Gasteiger partial charge on any atom is -0.462 e. The molecule has 0 saturated carbocycles. The van der Waals surface area contributed by atoms with Gasteiger partial charge in [-0.15, -0.1) is 0 Å². The molecule has 0 aliphatic rings. The van der Waals surface area contributed by atoms with Gasteiger partial charge < -0.3 is 14.2 Å². The van der Waals surface area contributed by atoms with Gasteiger partial charge in [0, 0.05) is 19.3 Å². The van der Waals surface area contributed by atoms with E-state index in [1.165, 1.54) is 135 Å². The van der Waals surface area contributed by atoms with E-state index in [9.17, 15) is 14.4 Å². The van der Waals surface area contributed by atoms with E-state index in [4.69, 9.17) is 14.2 Å². The highest BCUT2D eigenvalue weighted by Gasteiger charge is 2.19. The first-order valence-electron chi connectivity index (χ1n) is 33.2. The van der Waals surface area contributed by atoms with Gasteiger partial charge >= 0.3 is 17.9 Å². The zero-order valence-corrected chi connectivity index (χ0v) is 52.0. The zero-order chi connectivity index (χ0) is 57.8. The molecule has 0 fully saturated rings. The van der Waals surface area contributed by atoms with Gasteiger partial charge in [0.05, 0.1) is 0 Å². The summed E-state index contributed by atoms with van der Waals surface area (Å²) in [5.41, 5.74) is 0. The summed E-state index contributed by atoms with van der Waals surface area (Å²) in [6.07, 6.45) is 94.7. The SMILES string of the molecule is CC/C=C\C/C=C\C/C=C\C/C=C\C/C=C\C/C=C\CCCCCCCCCCCCCCC(=O)OCC(COC(=O)CCCCCCCCCCCCCCCC)OC(=O)CCC/C=C\C/C=C\C/C=C\C/C=C\C/C=C\CC. The molecule has 0 rings (SSSR count). The van der Waals surface area contributed by atoms with Gasteiger partial charge in [-0.3, -0.25) is 14.4 Å². The molecule has 0 aliphatic carbocycles. The molecule has 1 unspecified atom stereocenters. The monoisotopic (exact) mass is 1110 g/mol. The smallest absolute Gasteiger partial charge is 0.306 e. The average molecular weight is 1110 g/mol. The average Bonchev–Trinajstić information content (AvgIpc) is 3.46. The van der Waals surface area contributed by atoms with Crippen molar-refractivity contribution < 1.29 is 28.6 Å². The summed E-state index contributed by atoms with van der Waals surface area (Å²) in [5, 5.41) is 0.